The zero-order valence-corrected chi connectivity index (χ0v) is 25.4. The van der Waals surface area contributed by atoms with Gasteiger partial charge in [-0.2, -0.15) is 0 Å². The van der Waals surface area contributed by atoms with Crippen LogP contribution in [0, 0.1) is 6.92 Å². The molecule has 10 heteroatoms. The van der Waals surface area contributed by atoms with E-state index in [1.807, 2.05) is 29.5 Å². The summed E-state index contributed by atoms with van der Waals surface area (Å²) in [6, 6.07) is 10.4. The largest absolute Gasteiger partial charge is 0.497 e. The number of ether oxygens (including phenoxy) is 3. The van der Waals surface area contributed by atoms with E-state index in [-0.39, 0.29) is 12.1 Å². The molecule has 1 aliphatic heterocycles. The standard InChI is InChI=1S/C31H41N5O4S/c1-5-6-28-21(2)33-30(41-28)10-7-23-17-25(35-11-13-40-14-12-35)19-29(34-23)32-20-22-15-26(18-27(16-22)38-3)36(24-8-9-24)31(37)39-4/h15-19,24H,5-14,20H2,1-4H3,(H,32,34). The quantitative estimate of drug-likeness (QED) is 0.289. The summed E-state index contributed by atoms with van der Waals surface area (Å²) in [7, 11) is 3.07. The first-order chi connectivity index (χ1) is 20.0. The molecule has 1 N–H and O–H groups in total. The second-order valence-electron chi connectivity index (χ2n) is 10.6. The third-order valence-corrected chi connectivity index (χ3v) is 8.75. The maximum absolute atomic E-state index is 12.5. The lowest BCUT2D eigenvalue weighted by Gasteiger charge is -2.29. The van der Waals surface area contributed by atoms with Gasteiger partial charge in [0.15, 0.2) is 0 Å². The molecular formula is C31H41N5O4S. The molecule has 2 aliphatic rings. The van der Waals surface area contributed by atoms with E-state index in [2.05, 4.69) is 36.2 Å². The molecule has 0 radical (unpaired) electrons. The molecule has 41 heavy (non-hydrogen) atoms. The van der Waals surface area contributed by atoms with Gasteiger partial charge in [-0.1, -0.05) is 13.3 Å². The van der Waals surface area contributed by atoms with Gasteiger partial charge in [0.1, 0.15) is 11.6 Å². The number of benzene rings is 1. The van der Waals surface area contributed by atoms with Crippen molar-refractivity contribution < 1.29 is 19.0 Å². The Morgan fingerprint density at radius 2 is 1.90 bits per heavy atom. The lowest BCUT2D eigenvalue weighted by atomic mass is 10.1. The van der Waals surface area contributed by atoms with Gasteiger partial charge in [-0.3, -0.25) is 4.90 Å². The molecule has 2 aromatic heterocycles. The van der Waals surface area contributed by atoms with E-state index in [0.29, 0.717) is 12.3 Å². The molecule has 1 saturated carbocycles. The van der Waals surface area contributed by atoms with Crippen molar-refractivity contribution in [1.29, 1.82) is 0 Å². The molecule has 0 spiro atoms. The van der Waals surface area contributed by atoms with Crippen molar-refractivity contribution in [2.45, 2.75) is 65.0 Å². The summed E-state index contributed by atoms with van der Waals surface area (Å²) in [5.74, 6) is 1.52. The Morgan fingerprint density at radius 3 is 2.61 bits per heavy atom. The number of rotatable bonds is 12. The van der Waals surface area contributed by atoms with Crippen LogP contribution in [0.5, 0.6) is 5.75 Å². The molecule has 9 nitrogen and oxygen atoms in total. The van der Waals surface area contributed by atoms with Gasteiger partial charge in [0.25, 0.3) is 0 Å². The Hall–Kier alpha value is -3.37. The van der Waals surface area contributed by atoms with Crippen molar-refractivity contribution >= 4 is 34.6 Å². The topological polar surface area (TPSA) is 89.1 Å². The van der Waals surface area contributed by atoms with Gasteiger partial charge in [-0.05, 0) is 56.4 Å². The van der Waals surface area contributed by atoms with E-state index < -0.39 is 0 Å². The zero-order valence-electron chi connectivity index (χ0n) is 24.6. The molecule has 0 unspecified atom stereocenters. The highest BCUT2D eigenvalue weighted by Gasteiger charge is 2.35. The van der Waals surface area contributed by atoms with Crippen LogP contribution in [0.25, 0.3) is 0 Å². The number of nitrogens with zero attached hydrogens (tertiary/aromatic N) is 4. The molecule has 1 aromatic carbocycles. The first-order valence-corrected chi connectivity index (χ1v) is 15.4. The number of pyridine rings is 1. The third-order valence-electron chi connectivity index (χ3n) is 7.47. The molecule has 1 aliphatic carbocycles. The van der Waals surface area contributed by atoms with E-state index in [1.54, 1.807) is 12.0 Å². The van der Waals surface area contributed by atoms with Crippen molar-refractivity contribution in [3.05, 3.63) is 57.2 Å². The van der Waals surface area contributed by atoms with Crippen LogP contribution >= 0.6 is 11.3 Å². The van der Waals surface area contributed by atoms with Crippen LogP contribution in [0.2, 0.25) is 0 Å². The van der Waals surface area contributed by atoms with Crippen molar-refractivity contribution in [3.8, 4) is 5.75 Å². The molecule has 3 aromatic rings. The maximum Gasteiger partial charge on any atom is 0.414 e. The van der Waals surface area contributed by atoms with Crippen molar-refractivity contribution in [2.24, 2.45) is 0 Å². The molecule has 0 atom stereocenters. The molecule has 3 heterocycles. The number of hydrogen-bond donors (Lipinski definition) is 1. The normalized spacial score (nSPS) is 15.1. The average molecular weight is 580 g/mol. The highest BCUT2D eigenvalue weighted by atomic mass is 32.1. The van der Waals surface area contributed by atoms with Gasteiger partial charge < -0.3 is 24.4 Å². The lowest BCUT2D eigenvalue weighted by molar-refractivity contribution is 0.122. The van der Waals surface area contributed by atoms with E-state index in [9.17, 15) is 4.79 Å². The molecule has 5 rings (SSSR count). The van der Waals surface area contributed by atoms with Crippen LogP contribution in [0.15, 0.2) is 30.3 Å². The van der Waals surface area contributed by atoms with E-state index in [4.69, 9.17) is 24.2 Å². The molecular weight excluding hydrogens is 538 g/mol. The van der Waals surface area contributed by atoms with Crippen LogP contribution in [0.4, 0.5) is 22.0 Å². The van der Waals surface area contributed by atoms with Crippen molar-refractivity contribution in [3.63, 3.8) is 0 Å². The van der Waals surface area contributed by atoms with E-state index in [0.717, 1.165) is 99.0 Å². The summed E-state index contributed by atoms with van der Waals surface area (Å²) in [5.41, 5.74) is 5.13. The molecule has 1 amide bonds. The summed E-state index contributed by atoms with van der Waals surface area (Å²) in [6.45, 7) is 8.03. The second kappa shape index (κ2) is 13.5. The van der Waals surface area contributed by atoms with Crippen molar-refractivity contribution in [1.82, 2.24) is 9.97 Å². The number of carbonyl (C=O) groups is 1. The molecule has 0 bridgehead atoms. The van der Waals surface area contributed by atoms with Gasteiger partial charge in [0.2, 0.25) is 0 Å². The Labute approximate surface area is 246 Å². The Bertz CT molecular complexity index is 1340. The lowest BCUT2D eigenvalue weighted by Crippen LogP contribution is -2.36. The van der Waals surface area contributed by atoms with Gasteiger partial charge in [0, 0.05) is 60.5 Å². The summed E-state index contributed by atoms with van der Waals surface area (Å²) in [5, 5.41) is 4.72. The third kappa shape index (κ3) is 7.48. The predicted molar refractivity (Wildman–Crippen MR) is 164 cm³/mol. The first-order valence-electron chi connectivity index (χ1n) is 14.5. The number of morpholine rings is 1. The summed E-state index contributed by atoms with van der Waals surface area (Å²) >= 11 is 1.83. The monoisotopic (exact) mass is 579 g/mol. The van der Waals surface area contributed by atoms with Crippen LogP contribution in [0.1, 0.15) is 53.0 Å². The maximum atomic E-state index is 12.5. The highest BCUT2D eigenvalue weighted by molar-refractivity contribution is 7.11. The summed E-state index contributed by atoms with van der Waals surface area (Å²) < 4.78 is 16.3. The minimum Gasteiger partial charge on any atom is -0.497 e. The number of aromatic nitrogens is 2. The average Bonchev–Trinajstić information content (AvgIpc) is 3.77. The number of thiazole rings is 1. The first kappa shape index (κ1) is 29.1. The van der Waals surface area contributed by atoms with E-state index >= 15 is 0 Å². The Morgan fingerprint density at radius 1 is 1.10 bits per heavy atom. The van der Waals surface area contributed by atoms with Gasteiger partial charge in [-0.15, -0.1) is 11.3 Å². The van der Waals surface area contributed by atoms with Gasteiger partial charge in [0.05, 0.1) is 43.8 Å². The summed E-state index contributed by atoms with van der Waals surface area (Å²) in [6.07, 6.45) is 5.52. The number of nitrogens with one attached hydrogen (secondary N) is 1. The number of carbonyl (C=O) groups excluding carboxylic acids is 1. The number of anilines is 3. The predicted octanol–water partition coefficient (Wildman–Crippen LogP) is 5.78. The fourth-order valence-corrected chi connectivity index (χ4v) is 6.35. The Balaban J connectivity index is 1.35. The minimum absolute atomic E-state index is 0.171. The van der Waals surface area contributed by atoms with E-state index in [1.165, 1.54) is 17.0 Å². The van der Waals surface area contributed by atoms with Gasteiger partial charge in [-0.25, -0.2) is 14.8 Å². The van der Waals surface area contributed by atoms with Crippen LogP contribution in [-0.2, 0) is 35.3 Å². The number of aryl methyl sites for hydroxylation is 4. The summed E-state index contributed by atoms with van der Waals surface area (Å²) in [4.78, 5) is 27.9. The van der Waals surface area contributed by atoms with Crippen molar-refractivity contribution in [2.75, 3.05) is 55.6 Å². The Kier molecular flexibility index (Phi) is 9.61. The second-order valence-corrected chi connectivity index (χ2v) is 11.8. The molecule has 220 valence electrons. The molecule has 1 saturated heterocycles. The number of hydrogen-bond acceptors (Lipinski definition) is 9. The smallest absolute Gasteiger partial charge is 0.414 e. The number of amides is 1. The fraction of sp³-hybridized carbons (Fsp3) is 0.516. The molecule has 2 fully saturated rings. The highest BCUT2D eigenvalue weighted by Crippen LogP contribution is 2.35. The fourth-order valence-electron chi connectivity index (χ4n) is 5.18. The van der Waals surface area contributed by atoms with Gasteiger partial charge >= 0.3 is 6.09 Å². The number of methoxy groups -OCH3 is 2. The van der Waals surface area contributed by atoms with Crippen LogP contribution < -0.4 is 19.9 Å². The van der Waals surface area contributed by atoms with Crippen LogP contribution in [-0.4, -0.2) is 62.6 Å². The SMILES string of the molecule is CCCc1sc(CCc2cc(N3CCOCC3)cc(NCc3cc(OC)cc(N(C(=O)OC)C4CC4)c3)n2)nc1C. The van der Waals surface area contributed by atoms with Crippen LogP contribution in [0.3, 0.4) is 0 Å². The minimum atomic E-state index is -0.346. The zero-order chi connectivity index (χ0) is 28.8.